The predicted molar refractivity (Wildman–Crippen MR) is 101 cm³/mol. The van der Waals surface area contributed by atoms with Crippen LogP contribution in [0.25, 0.3) is 0 Å². The number of hydrogen-bond acceptors (Lipinski definition) is 5. The molecule has 0 saturated carbocycles. The van der Waals surface area contributed by atoms with Gasteiger partial charge in [0.2, 0.25) is 0 Å². The monoisotopic (exact) mass is 350 g/mol. The second kappa shape index (κ2) is 8.24. The zero-order valence-electron chi connectivity index (χ0n) is 14.9. The fourth-order valence-corrected chi connectivity index (χ4v) is 2.51. The molecule has 0 saturated heterocycles. The first-order valence-electron chi connectivity index (χ1n) is 8.57. The van der Waals surface area contributed by atoms with Crippen LogP contribution in [0.4, 0.5) is 11.6 Å². The second-order valence-electron chi connectivity index (χ2n) is 6.22. The van der Waals surface area contributed by atoms with Gasteiger partial charge in [-0.1, -0.05) is 0 Å². The lowest BCUT2D eigenvalue weighted by molar-refractivity contribution is 0.102. The summed E-state index contributed by atoms with van der Waals surface area (Å²) in [5, 5.41) is 10.4. The van der Waals surface area contributed by atoms with E-state index in [-0.39, 0.29) is 11.9 Å². The highest BCUT2D eigenvalue weighted by Gasteiger charge is 2.14. The molecule has 134 valence electrons. The Balaban J connectivity index is 1.63. The van der Waals surface area contributed by atoms with Crippen molar-refractivity contribution in [2.75, 3.05) is 10.6 Å². The van der Waals surface area contributed by atoms with E-state index in [9.17, 15) is 4.79 Å². The van der Waals surface area contributed by atoms with Gasteiger partial charge < -0.3 is 10.6 Å². The molecular formula is C19H22N6O. The van der Waals surface area contributed by atoms with Crippen molar-refractivity contribution in [2.24, 2.45) is 0 Å². The molecule has 0 bridgehead atoms. The van der Waals surface area contributed by atoms with Crippen LogP contribution in [0.2, 0.25) is 0 Å². The van der Waals surface area contributed by atoms with Gasteiger partial charge in [-0.3, -0.25) is 14.5 Å². The molecule has 0 aliphatic carbocycles. The van der Waals surface area contributed by atoms with Gasteiger partial charge in [0.1, 0.15) is 5.82 Å². The molecule has 2 N–H and O–H groups in total. The summed E-state index contributed by atoms with van der Waals surface area (Å²) < 4.78 is 1.81. The Morgan fingerprint density at radius 1 is 1.15 bits per heavy atom. The highest BCUT2D eigenvalue weighted by Crippen LogP contribution is 2.15. The maximum absolute atomic E-state index is 12.6. The molecule has 0 radical (unpaired) electrons. The Labute approximate surface area is 152 Å². The Kier molecular flexibility index (Phi) is 5.58. The minimum absolute atomic E-state index is 0.184. The number of carbonyl (C=O) groups is 1. The fraction of sp³-hybridized carbons (Fsp3) is 0.263. The number of anilines is 2. The topological polar surface area (TPSA) is 84.7 Å². The van der Waals surface area contributed by atoms with Crippen molar-refractivity contribution in [3.05, 3.63) is 66.2 Å². The van der Waals surface area contributed by atoms with Crippen molar-refractivity contribution in [1.82, 2.24) is 19.7 Å². The third kappa shape index (κ3) is 4.66. The van der Waals surface area contributed by atoms with Gasteiger partial charge in [0.05, 0.1) is 5.56 Å². The first kappa shape index (κ1) is 17.6. The quantitative estimate of drug-likeness (QED) is 0.684. The summed E-state index contributed by atoms with van der Waals surface area (Å²) >= 11 is 0. The number of pyridine rings is 2. The molecule has 26 heavy (non-hydrogen) atoms. The van der Waals surface area contributed by atoms with Crippen LogP contribution in [-0.2, 0) is 13.0 Å². The molecule has 0 unspecified atom stereocenters. The van der Waals surface area contributed by atoms with Crippen LogP contribution in [0.3, 0.4) is 0 Å². The summed E-state index contributed by atoms with van der Waals surface area (Å²) in [6.07, 6.45) is 7.92. The number of amides is 1. The highest BCUT2D eigenvalue weighted by molar-refractivity contribution is 6.07. The van der Waals surface area contributed by atoms with E-state index in [1.165, 1.54) is 5.56 Å². The summed E-state index contributed by atoms with van der Waals surface area (Å²) in [4.78, 5) is 20.8. The van der Waals surface area contributed by atoms with Crippen LogP contribution >= 0.6 is 0 Å². The number of rotatable bonds is 7. The molecule has 1 amide bonds. The number of nitrogens with zero attached hydrogens (tertiary/aromatic N) is 4. The first-order chi connectivity index (χ1) is 12.6. The van der Waals surface area contributed by atoms with Crippen molar-refractivity contribution in [3.8, 4) is 0 Å². The normalized spacial score (nSPS) is 10.7. The van der Waals surface area contributed by atoms with Gasteiger partial charge in [-0.2, -0.15) is 5.10 Å². The molecule has 7 heteroatoms. The van der Waals surface area contributed by atoms with Crippen LogP contribution in [0.15, 0.2) is 55.1 Å². The van der Waals surface area contributed by atoms with E-state index in [0.29, 0.717) is 17.2 Å². The third-order valence-electron chi connectivity index (χ3n) is 3.74. The van der Waals surface area contributed by atoms with Gasteiger partial charge >= 0.3 is 0 Å². The van der Waals surface area contributed by atoms with E-state index in [0.717, 1.165) is 13.0 Å². The number of aromatic nitrogens is 4. The summed E-state index contributed by atoms with van der Waals surface area (Å²) in [7, 11) is 0. The highest BCUT2D eigenvalue weighted by atomic mass is 16.1. The average Bonchev–Trinajstić information content (AvgIpc) is 3.08. The molecule has 7 nitrogen and oxygen atoms in total. The summed E-state index contributed by atoms with van der Waals surface area (Å²) in [6, 6.07) is 9.43. The number of nitrogens with one attached hydrogen (secondary N) is 2. The Hall–Kier alpha value is -3.22. The van der Waals surface area contributed by atoms with Crippen molar-refractivity contribution >= 4 is 17.5 Å². The second-order valence-corrected chi connectivity index (χ2v) is 6.22. The Morgan fingerprint density at radius 2 is 1.96 bits per heavy atom. The van der Waals surface area contributed by atoms with Gasteiger partial charge in [0.15, 0.2) is 5.82 Å². The molecule has 0 aliphatic rings. The minimum atomic E-state index is -0.236. The third-order valence-corrected chi connectivity index (χ3v) is 3.74. The molecule has 0 aliphatic heterocycles. The van der Waals surface area contributed by atoms with Gasteiger partial charge in [0, 0.05) is 43.4 Å². The zero-order chi connectivity index (χ0) is 18.4. The summed E-state index contributed by atoms with van der Waals surface area (Å²) in [6.45, 7) is 4.73. The number of carbonyl (C=O) groups excluding carboxylic acids is 1. The molecule has 3 rings (SSSR count). The van der Waals surface area contributed by atoms with Gasteiger partial charge in [-0.25, -0.2) is 4.98 Å². The van der Waals surface area contributed by atoms with Gasteiger partial charge in [0.25, 0.3) is 5.91 Å². The molecule has 0 aromatic carbocycles. The fourth-order valence-electron chi connectivity index (χ4n) is 2.51. The van der Waals surface area contributed by atoms with E-state index in [1.54, 1.807) is 36.8 Å². The molecule has 0 fully saturated rings. The molecule has 0 atom stereocenters. The molecule has 3 aromatic rings. The maximum Gasteiger partial charge on any atom is 0.260 e. The van der Waals surface area contributed by atoms with E-state index < -0.39 is 0 Å². The molecular weight excluding hydrogens is 328 g/mol. The van der Waals surface area contributed by atoms with E-state index in [2.05, 4.69) is 25.7 Å². The summed E-state index contributed by atoms with van der Waals surface area (Å²) in [5.41, 5.74) is 1.69. The lowest BCUT2D eigenvalue weighted by atomic mass is 10.2. The van der Waals surface area contributed by atoms with Crippen LogP contribution in [0.5, 0.6) is 0 Å². The molecule has 0 spiro atoms. The smallest absolute Gasteiger partial charge is 0.260 e. The lowest BCUT2D eigenvalue weighted by Gasteiger charge is -2.12. The van der Waals surface area contributed by atoms with Crippen molar-refractivity contribution in [3.63, 3.8) is 0 Å². The largest absolute Gasteiger partial charge is 0.367 e. The van der Waals surface area contributed by atoms with Crippen molar-refractivity contribution in [1.29, 1.82) is 0 Å². The minimum Gasteiger partial charge on any atom is -0.367 e. The van der Waals surface area contributed by atoms with E-state index >= 15 is 0 Å². The standard InChI is InChI=1S/C19H22N6O/c1-14(2)22-18-16(4-3-9-21-18)19(26)23-17-8-13-25(24-17)12-7-15-5-10-20-11-6-15/h3-6,8-11,13-14H,7,12H2,1-2H3,(H,21,22)(H,23,24,26). The van der Waals surface area contributed by atoms with E-state index in [4.69, 9.17) is 0 Å². The molecule has 3 aromatic heterocycles. The number of hydrogen-bond donors (Lipinski definition) is 2. The average molecular weight is 350 g/mol. The van der Waals surface area contributed by atoms with Gasteiger partial charge in [-0.15, -0.1) is 0 Å². The zero-order valence-corrected chi connectivity index (χ0v) is 14.9. The summed E-state index contributed by atoms with van der Waals surface area (Å²) in [5.74, 6) is 0.849. The SMILES string of the molecule is CC(C)Nc1ncccc1C(=O)Nc1ccn(CCc2ccncc2)n1. The van der Waals surface area contributed by atoms with E-state index in [1.807, 2.05) is 36.9 Å². The Bertz CT molecular complexity index is 859. The van der Waals surface area contributed by atoms with Crippen LogP contribution in [0, 0.1) is 0 Å². The van der Waals surface area contributed by atoms with Crippen LogP contribution in [-0.4, -0.2) is 31.7 Å². The van der Waals surface area contributed by atoms with Crippen molar-refractivity contribution in [2.45, 2.75) is 32.9 Å². The van der Waals surface area contributed by atoms with Crippen molar-refractivity contribution < 1.29 is 4.79 Å². The van der Waals surface area contributed by atoms with Crippen LogP contribution < -0.4 is 10.6 Å². The lowest BCUT2D eigenvalue weighted by Crippen LogP contribution is -2.19. The van der Waals surface area contributed by atoms with Crippen LogP contribution in [0.1, 0.15) is 29.8 Å². The maximum atomic E-state index is 12.6. The first-order valence-corrected chi connectivity index (χ1v) is 8.57. The number of aryl methyl sites for hydroxylation is 2. The molecule has 3 heterocycles. The Morgan fingerprint density at radius 3 is 2.73 bits per heavy atom. The van der Waals surface area contributed by atoms with Gasteiger partial charge in [-0.05, 0) is 50.1 Å². The predicted octanol–water partition coefficient (Wildman–Crippen LogP) is 2.99.